The maximum absolute atomic E-state index is 13.0. The first-order valence-electron chi connectivity index (χ1n) is 35.4. The minimum atomic E-state index is -0.799. The van der Waals surface area contributed by atoms with Gasteiger partial charge in [-0.25, -0.2) is 0 Å². The SMILES string of the molecule is CCCCCCC/C=C\C/C=C\C/C=C\CCCCCCCCCCC(=O)OCC(COC(=O)CCCCCCCC/C=C\C/C=C\C/C=C\CCCCCCC)OC(=O)CCCCCCCC/C=C\C/C=C\C/C=C\CCCCCCC. The number of hydrogen-bond acceptors (Lipinski definition) is 6. The fraction of sp³-hybridized carbons (Fsp3) is 0.727. The predicted molar refractivity (Wildman–Crippen MR) is 362 cm³/mol. The number of ether oxygens (including phenoxy) is 3. The van der Waals surface area contributed by atoms with Crippen molar-refractivity contribution in [2.75, 3.05) is 13.2 Å². The van der Waals surface area contributed by atoms with Gasteiger partial charge >= 0.3 is 17.9 Å². The molecule has 0 radical (unpaired) electrons. The van der Waals surface area contributed by atoms with Gasteiger partial charge in [-0.1, -0.05) is 297 Å². The number of hydrogen-bond donors (Lipinski definition) is 0. The molecule has 1 atom stereocenters. The van der Waals surface area contributed by atoms with Crippen molar-refractivity contribution in [1.29, 1.82) is 0 Å². The summed E-state index contributed by atoms with van der Waals surface area (Å²) in [5, 5.41) is 0. The van der Waals surface area contributed by atoms with Crippen LogP contribution in [-0.2, 0) is 28.6 Å². The molecule has 0 aliphatic carbocycles. The summed E-state index contributed by atoms with van der Waals surface area (Å²) in [5.41, 5.74) is 0. The Hall–Kier alpha value is -3.93. The number of allylic oxidation sites excluding steroid dienone is 18. The minimum absolute atomic E-state index is 0.0923. The lowest BCUT2D eigenvalue weighted by molar-refractivity contribution is -0.167. The monoisotopic (exact) mass is 1150 g/mol. The Labute approximate surface area is 514 Å². The molecule has 0 rings (SSSR count). The third-order valence-corrected chi connectivity index (χ3v) is 15.2. The molecule has 0 amide bonds. The van der Waals surface area contributed by atoms with Gasteiger partial charge in [-0.2, -0.15) is 0 Å². The minimum Gasteiger partial charge on any atom is -0.462 e. The molecule has 1 unspecified atom stereocenters. The van der Waals surface area contributed by atoms with Crippen LogP contribution in [0.3, 0.4) is 0 Å². The molecule has 6 heteroatoms. The van der Waals surface area contributed by atoms with Crippen molar-refractivity contribution in [2.45, 2.75) is 348 Å². The topological polar surface area (TPSA) is 78.9 Å². The molecule has 0 saturated carbocycles. The lowest BCUT2D eigenvalue weighted by atomic mass is 10.1. The van der Waals surface area contributed by atoms with Gasteiger partial charge in [-0.15, -0.1) is 0 Å². The van der Waals surface area contributed by atoms with Crippen LogP contribution >= 0.6 is 0 Å². The lowest BCUT2D eigenvalue weighted by Gasteiger charge is -2.18. The Morgan fingerprint density at radius 2 is 0.434 bits per heavy atom. The van der Waals surface area contributed by atoms with Crippen LogP contribution in [-0.4, -0.2) is 37.2 Å². The smallest absolute Gasteiger partial charge is 0.306 e. The quantitative estimate of drug-likeness (QED) is 0.0261. The number of unbranched alkanes of at least 4 members (excludes halogenated alkanes) is 35. The van der Waals surface area contributed by atoms with E-state index in [0.29, 0.717) is 19.3 Å². The van der Waals surface area contributed by atoms with E-state index in [9.17, 15) is 14.4 Å². The van der Waals surface area contributed by atoms with Gasteiger partial charge in [-0.05, 0) is 135 Å². The van der Waals surface area contributed by atoms with Crippen LogP contribution in [0.5, 0.6) is 0 Å². The second-order valence-corrected chi connectivity index (χ2v) is 23.4. The molecular weight excluding hydrogens is 1020 g/mol. The second-order valence-electron chi connectivity index (χ2n) is 23.4. The Balaban J connectivity index is 4.46. The Morgan fingerprint density at radius 3 is 0.675 bits per heavy atom. The molecule has 476 valence electrons. The highest BCUT2D eigenvalue weighted by Gasteiger charge is 2.19. The predicted octanol–water partition coefficient (Wildman–Crippen LogP) is 24.6. The van der Waals surface area contributed by atoms with Crippen LogP contribution in [0.15, 0.2) is 109 Å². The highest BCUT2D eigenvalue weighted by atomic mass is 16.6. The number of carbonyl (C=O) groups is 3. The molecule has 6 nitrogen and oxygen atoms in total. The average Bonchev–Trinajstić information content (AvgIpc) is 3.49. The molecule has 0 aromatic heterocycles. The van der Waals surface area contributed by atoms with E-state index in [1.165, 1.54) is 180 Å². The number of esters is 3. The highest BCUT2D eigenvalue weighted by Crippen LogP contribution is 2.16. The van der Waals surface area contributed by atoms with E-state index in [2.05, 4.69) is 130 Å². The summed E-state index contributed by atoms with van der Waals surface area (Å²) in [6, 6.07) is 0. The van der Waals surface area contributed by atoms with Crippen molar-refractivity contribution < 1.29 is 28.6 Å². The summed E-state index contributed by atoms with van der Waals surface area (Å²) in [7, 11) is 0. The molecule has 0 saturated heterocycles. The summed E-state index contributed by atoms with van der Waals surface area (Å²) in [6.45, 7) is 6.61. The van der Waals surface area contributed by atoms with E-state index in [1.807, 2.05) is 0 Å². The van der Waals surface area contributed by atoms with Crippen molar-refractivity contribution in [3.8, 4) is 0 Å². The van der Waals surface area contributed by atoms with E-state index in [0.717, 1.165) is 122 Å². The molecule has 83 heavy (non-hydrogen) atoms. The summed E-state index contributed by atoms with van der Waals surface area (Å²) in [6.07, 6.45) is 96.6. The molecule has 0 bridgehead atoms. The van der Waals surface area contributed by atoms with Gasteiger partial charge in [0.05, 0.1) is 0 Å². The van der Waals surface area contributed by atoms with Crippen molar-refractivity contribution in [3.63, 3.8) is 0 Å². The van der Waals surface area contributed by atoms with Crippen molar-refractivity contribution >= 4 is 17.9 Å². The van der Waals surface area contributed by atoms with Crippen LogP contribution in [0.1, 0.15) is 342 Å². The molecule has 0 aromatic carbocycles. The van der Waals surface area contributed by atoms with Crippen LogP contribution in [0.2, 0.25) is 0 Å². The summed E-state index contributed by atoms with van der Waals surface area (Å²) < 4.78 is 17.0. The van der Waals surface area contributed by atoms with Crippen molar-refractivity contribution in [3.05, 3.63) is 109 Å². The van der Waals surface area contributed by atoms with Gasteiger partial charge in [0, 0.05) is 19.3 Å². The van der Waals surface area contributed by atoms with Gasteiger partial charge in [-0.3, -0.25) is 14.4 Å². The lowest BCUT2D eigenvalue weighted by Crippen LogP contribution is -2.30. The zero-order chi connectivity index (χ0) is 59.9. The van der Waals surface area contributed by atoms with E-state index in [1.54, 1.807) is 0 Å². The first-order chi connectivity index (χ1) is 41.0. The molecule has 0 aromatic rings. The zero-order valence-corrected chi connectivity index (χ0v) is 54.7. The van der Waals surface area contributed by atoms with Crippen molar-refractivity contribution in [1.82, 2.24) is 0 Å². The summed E-state index contributed by atoms with van der Waals surface area (Å²) >= 11 is 0. The van der Waals surface area contributed by atoms with Crippen LogP contribution in [0, 0.1) is 0 Å². The van der Waals surface area contributed by atoms with Crippen molar-refractivity contribution in [2.24, 2.45) is 0 Å². The first-order valence-corrected chi connectivity index (χ1v) is 35.4. The molecule has 0 N–H and O–H groups in total. The highest BCUT2D eigenvalue weighted by molar-refractivity contribution is 5.71. The maximum Gasteiger partial charge on any atom is 0.306 e. The van der Waals surface area contributed by atoms with Gasteiger partial charge in [0.15, 0.2) is 6.10 Å². The number of rotatable bonds is 64. The van der Waals surface area contributed by atoms with Crippen LogP contribution < -0.4 is 0 Å². The maximum atomic E-state index is 13.0. The molecule has 0 fully saturated rings. The van der Waals surface area contributed by atoms with E-state index >= 15 is 0 Å². The molecule has 0 aliphatic rings. The second kappa shape index (κ2) is 70.6. The molecule has 0 aliphatic heterocycles. The molecule has 0 spiro atoms. The fourth-order valence-corrected chi connectivity index (χ4v) is 9.88. The summed E-state index contributed by atoms with van der Waals surface area (Å²) in [5.74, 6) is -0.912. The Kier molecular flexibility index (Phi) is 67.2. The largest absolute Gasteiger partial charge is 0.462 e. The third-order valence-electron chi connectivity index (χ3n) is 15.2. The standard InChI is InChI=1S/C77H132O6/c1-4-7-10-13-16-19-22-25-28-31-34-37-38-41-43-46-49-52-55-58-61-64-67-70-76(79)82-73-74(83-77(80)71-68-65-62-59-56-53-50-47-44-40-36-33-30-27-24-21-18-15-12-9-6-3)72-81-75(78)69-66-63-60-57-54-51-48-45-42-39-35-32-29-26-23-20-17-14-11-8-5-2/h22-27,31-36,38,41-42,44-45,47,74H,4-21,28-30,37,39-40,43,46,48-73H2,1-3H3/b25-22-,26-23-,27-24-,34-31-,35-32-,36-33-,41-38-,45-42-,47-44-. The van der Waals surface area contributed by atoms with E-state index in [-0.39, 0.29) is 31.1 Å². The Bertz CT molecular complexity index is 1660. The third kappa shape index (κ3) is 68.7. The Morgan fingerprint density at radius 1 is 0.241 bits per heavy atom. The fourth-order valence-electron chi connectivity index (χ4n) is 9.88. The zero-order valence-electron chi connectivity index (χ0n) is 54.7. The van der Waals surface area contributed by atoms with Gasteiger partial charge in [0.1, 0.15) is 13.2 Å². The van der Waals surface area contributed by atoms with Crippen LogP contribution in [0.25, 0.3) is 0 Å². The van der Waals surface area contributed by atoms with E-state index < -0.39 is 6.10 Å². The number of carbonyl (C=O) groups excluding carboxylic acids is 3. The van der Waals surface area contributed by atoms with E-state index in [4.69, 9.17) is 14.2 Å². The van der Waals surface area contributed by atoms with Gasteiger partial charge < -0.3 is 14.2 Å². The molecule has 0 heterocycles. The van der Waals surface area contributed by atoms with Gasteiger partial charge in [0.25, 0.3) is 0 Å². The summed E-state index contributed by atoms with van der Waals surface area (Å²) in [4.78, 5) is 38.5. The van der Waals surface area contributed by atoms with Crippen LogP contribution in [0.4, 0.5) is 0 Å². The molecular formula is C77H132O6. The van der Waals surface area contributed by atoms with Gasteiger partial charge in [0.2, 0.25) is 0 Å². The average molecular weight is 1150 g/mol. The first kappa shape index (κ1) is 79.1. The normalized spacial score (nSPS) is 12.8.